The average molecular weight is 288 g/mol. The molecule has 1 unspecified atom stereocenters. The van der Waals surface area contributed by atoms with E-state index in [0.717, 1.165) is 13.0 Å². The van der Waals surface area contributed by atoms with Gasteiger partial charge in [-0.2, -0.15) is 0 Å². The van der Waals surface area contributed by atoms with Gasteiger partial charge >= 0.3 is 0 Å². The first kappa shape index (κ1) is 13.1. The van der Waals surface area contributed by atoms with Crippen LogP contribution in [0, 0.1) is 0 Å². The van der Waals surface area contributed by atoms with E-state index in [9.17, 15) is 4.79 Å². The number of hydrazine groups is 1. The minimum atomic E-state index is -0.00954. The van der Waals surface area contributed by atoms with Crippen molar-refractivity contribution in [1.29, 1.82) is 0 Å². The highest BCUT2D eigenvalue weighted by molar-refractivity contribution is 7.10. The average Bonchev–Trinajstić information content (AvgIpc) is 2.96. The first-order valence-electron chi connectivity index (χ1n) is 6.50. The zero-order valence-electron chi connectivity index (χ0n) is 11.2. The van der Waals surface area contributed by atoms with E-state index in [2.05, 4.69) is 28.8 Å². The number of nitrogens with one attached hydrogen (secondary N) is 1. The van der Waals surface area contributed by atoms with Crippen molar-refractivity contribution in [1.82, 2.24) is 9.88 Å². The number of carbonyl (C=O) groups excluding carboxylic acids is 1. The Kier molecular flexibility index (Phi) is 3.42. The molecule has 3 rings (SSSR count). The Morgan fingerprint density at radius 2 is 2.40 bits per heavy atom. The normalized spacial score (nSPS) is 17.7. The second-order valence-electron chi connectivity index (χ2n) is 4.79. The number of rotatable bonds is 2. The molecule has 2 aromatic heterocycles. The predicted octanol–water partition coefficient (Wildman–Crippen LogP) is 2.19. The number of nitrogens with zero attached hydrogens (tertiary/aromatic N) is 2. The standard InChI is InChI=1S/C14H16N4OS/c1-9-10-4-7-20-13(10)3-6-18(9)14(19)11-2-5-16-8-12(11)17-15/h2,4-5,7-9,17H,3,6,15H2,1H3. The molecule has 0 spiro atoms. The van der Waals surface area contributed by atoms with Gasteiger partial charge in [0.25, 0.3) is 5.91 Å². The van der Waals surface area contributed by atoms with Crippen LogP contribution < -0.4 is 11.3 Å². The summed E-state index contributed by atoms with van der Waals surface area (Å²) < 4.78 is 0. The van der Waals surface area contributed by atoms with Crippen LogP contribution in [0.3, 0.4) is 0 Å². The molecule has 0 aliphatic carbocycles. The summed E-state index contributed by atoms with van der Waals surface area (Å²) in [6, 6.07) is 3.91. The largest absolute Gasteiger partial charge is 0.331 e. The molecule has 2 aromatic rings. The first-order chi connectivity index (χ1) is 9.72. The van der Waals surface area contributed by atoms with Gasteiger partial charge in [-0.3, -0.25) is 15.6 Å². The van der Waals surface area contributed by atoms with Crippen LogP contribution >= 0.6 is 11.3 Å². The van der Waals surface area contributed by atoms with Crippen molar-refractivity contribution in [3.8, 4) is 0 Å². The first-order valence-corrected chi connectivity index (χ1v) is 7.38. The lowest BCUT2D eigenvalue weighted by Crippen LogP contribution is -2.38. The molecule has 0 bridgehead atoms. The monoisotopic (exact) mass is 288 g/mol. The highest BCUT2D eigenvalue weighted by Gasteiger charge is 2.29. The molecular weight excluding hydrogens is 272 g/mol. The van der Waals surface area contributed by atoms with Crippen molar-refractivity contribution >= 4 is 22.9 Å². The van der Waals surface area contributed by atoms with E-state index in [1.54, 1.807) is 29.8 Å². The van der Waals surface area contributed by atoms with Crippen molar-refractivity contribution < 1.29 is 4.79 Å². The Morgan fingerprint density at radius 3 is 3.20 bits per heavy atom. The zero-order valence-corrected chi connectivity index (χ0v) is 12.0. The summed E-state index contributed by atoms with van der Waals surface area (Å²) in [5.41, 5.74) is 4.91. The summed E-state index contributed by atoms with van der Waals surface area (Å²) in [6.07, 6.45) is 4.09. The maximum absolute atomic E-state index is 12.7. The summed E-state index contributed by atoms with van der Waals surface area (Å²) >= 11 is 1.77. The molecule has 1 aliphatic heterocycles. The van der Waals surface area contributed by atoms with Crippen LogP contribution in [0.25, 0.3) is 0 Å². The minimum Gasteiger partial charge on any atom is -0.331 e. The Morgan fingerprint density at radius 1 is 1.55 bits per heavy atom. The zero-order chi connectivity index (χ0) is 14.1. The Bertz CT molecular complexity index is 640. The predicted molar refractivity (Wildman–Crippen MR) is 79.5 cm³/mol. The lowest BCUT2D eigenvalue weighted by Gasteiger charge is -2.34. The number of thiophene rings is 1. The molecule has 3 N–H and O–H groups in total. The van der Waals surface area contributed by atoms with Gasteiger partial charge in [0.1, 0.15) is 0 Å². The second kappa shape index (κ2) is 5.22. The SMILES string of the molecule is CC1c2ccsc2CCN1C(=O)c1ccncc1NN. The van der Waals surface area contributed by atoms with Gasteiger partial charge in [-0.05, 0) is 36.4 Å². The Labute approximate surface area is 121 Å². The molecule has 1 amide bonds. The lowest BCUT2D eigenvalue weighted by molar-refractivity contribution is 0.0680. The van der Waals surface area contributed by atoms with E-state index in [1.807, 2.05) is 4.90 Å². The van der Waals surface area contributed by atoms with Gasteiger partial charge in [-0.15, -0.1) is 11.3 Å². The Hall–Kier alpha value is -1.92. The van der Waals surface area contributed by atoms with Crippen LogP contribution in [0.5, 0.6) is 0 Å². The van der Waals surface area contributed by atoms with Crippen molar-refractivity contribution in [2.24, 2.45) is 5.84 Å². The number of hydrogen-bond donors (Lipinski definition) is 2. The molecule has 3 heterocycles. The third-order valence-electron chi connectivity index (χ3n) is 3.75. The summed E-state index contributed by atoms with van der Waals surface area (Å²) in [6.45, 7) is 2.80. The lowest BCUT2D eigenvalue weighted by atomic mass is 10.0. The van der Waals surface area contributed by atoms with E-state index < -0.39 is 0 Å². The molecule has 0 saturated carbocycles. The van der Waals surface area contributed by atoms with Gasteiger partial charge in [0.15, 0.2) is 0 Å². The number of amides is 1. The summed E-state index contributed by atoms with van der Waals surface area (Å²) in [7, 11) is 0. The van der Waals surface area contributed by atoms with Gasteiger partial charge in [0.05, 0.1) is 23.5 Å². The van der Waals surface area contributed by atoms with Crippen molar-refractivity contribution in [2.75, 3.05) is 12.0 Å². The molecule has 104 valence electrons. The van der Waals surface area contributed by atoms with Gasteiger partial charge in [0.2, 0.25) is 0 Å². The van der Waals surface area contributed by atoms with Crippen LogP contribution in [0.1, 0.15) is 33.8 Å². The van der Waals surface area contributed by atoms with E-state index in [-0.39, 0.29) is 11.9 Å². The van der Waals surface area contributed by atoms with Crippen molar-refractivity contribution in [2.45, 2.75) is 19.4 Å². The molecule has 0 saturated heterocycles. The topological polar surface area (TPSA) is 71.2 Å². The number of carbonyl (C=O) groups is 1. The molecule has 0 radical (unpaired) electrons. The van der Waals surface area contributed by atoms with E-state index in [0.29, 0.717) is 11.3 Å². The van der Waals surface area contributed by atoms with Gasteiger partial charge < -0.3 is 10.3 Å². The number of pyridine rings is 1. The fourth-order valence-corrected chi connectivity index (χ4v) is 3.60. The number of aromatic nitrogens is 1. The number of nitrogens with two attached hydrogens (primary N) is 1. The molecule has 0 fully saturated rings. The minimum absolute atomic E-state index is 0.00954. The van der Waals surface area contributed by atoms with E-state index in [1.165, 1.54) is 10.4 Å². The molecule has 1 aliphatic rings. The highest BCUT2D eigenvalue weighted by atomic mass is 32.1. The fourth-order valence-electron chi connectivity index (χ4n) is 2.64. The van der Waals surface area contributed by atoms with Gasteiger partial charge in [-0.25, -0.2) is 0 Å². The molecule has 20 heavy (non-hydrogen) atoms. The van der Waals surface area contributed by atoms with Crippen LogP contribution in [0.4, 0.5) is 5.69 Å². The molecule has 5 nitrogen and oxygen atoms in total. The number of anilines is 1. The second-order valence-corrected chi connectivity index (χ2v) is 5.79. The molecular formula is C14H16N4OS. The summed E-state index contributed by atoms with van der Waals surface area (Å²) in [5.74, 6) is 5.44. The molecule has 0 aromatic carbocycles. The maximum Gasteiger partial charge on any atom is 0.256 e. The third kappa shape index (κ3) is 2.07. The van der Waals surface area contributed by atoms with Crippen molar-refractivity contribution in [3.05, 3.63) is 45.9 Å². The van der Waals surface area contributed by atoms with Crippen LogP contribution in [-0.2, 0) is 6.42 Å². The number of nitrogen functional groups attached to an aromatic ring is 1. The summed E-state index contributed by atoms with van der Waals surface area (Å²) in [5, 5.41) is 2.09. The Balaban J connectivity index is 1.92. The maximum atomic E-state index is 12.7. The van der Waals surface area contributed by atoms with Crippen molar-refractivity contribution in [3.63, 3.8) is 0 Å². The van der Waals surface area contributed by atoms with Crippen LogP contribution in [0.2, 0.25) is 0 Å². The third-order valence-corrected chi connectivity index (χ3v) is 4.74. The smallest absolute Gasteiger partial charge is 0.256 e. The van der Waals surface area contributed by atoms with E-state index in [4.69, 9.17) is 5.84 Å². The fraction of sp³-hybridized carbons (Fsp3) is 0.286. The molecule has 6 heteroatoms. The van der Waals surface area contributed by atoms with Crippen LogP contribution in [-0.4, -0.2) is 22.3 Å². The van der Waals surface area contributed by atoms with Crippen LogP contribution in [0.15, 0.2) is 29.9 Å². The number of fused-ring (bicyclic) bond motifs is 1. The quantitative estimate of drug-likeness (QED) is 0.656. The summed E-state index contributed by atoms with van der Waals surface area (Å²) in [4.78, 5) is 20.0. The van der Waals surface area contributed by atoms with Gasteiger partial charge in [0, 0.05) is 17.6 Å². The number of hydrogen-bond acceptors (Lipinski definition) is 5. The van der Waals surface area contributed by atoms with Gasteiger partial charge in [-0.1, -0.05) is 0 Å². The van der Waals surface area contributed by atoms with E-state index >= 15 is 0 Å². The molecule has 1 atom stereocenters. The highest BCUT2D eigenvalue weighted by Crippen LogP contribution is 2.34.